The number of nitrogens with one attached hydrogen (secondary N) is 1. The van der Waals surface area contributed by atoms with Crippen LogP contribution in [0.2, 0.25) is 0 Å². The molecular formula is C17H20N4OS. The Hall–Kier alpha value is -1.95. The number of likely N-dealkylation sites (tertiary alicyclic amines) is 1. The number of fused-ring (bicyclic) bond motifs is 1. The third kappa shape index (κ3) is 3.08. The van der Waals surface area contributed by atoms with Crippen molar-refractivity contribution >= 4 is 23.1 Å². The predicted octanol–water partition coefficient (Wildman–Crippen LogP) is 2.28. The van der Waals surface area contributed by atoms with Gasteiger partial charge in [-0.25, -0.2) is 9.97 Å². The first-order valence-electron chi connectivity index (χ1n) is 8.19. The van der Waals surface area contributed by atoms with Crippen LogP contribution in [-0.2, 0) is 24.1 Å². The van der Waals surface area contributed by atoms with Crippen molar-refractivity contribution in [1.29, 1.82) is 0 Å². The summed E-state index contributed by atoms with van der Waals surface area (Å²) < 4.78 is 0. The molecule has 6 heteroatoms. The van der Waals surface area contributed by atoms with Gasteiger partial charge in [-0.15, -0.1) is 11.3 Å². The zero-order valence-corrected chi connectivity index (χ0v) is 13.8. The molecular weight excluding hydrogens is 308 g/mol. The van der Waals surface area contributed by atoms with Crippen molar-refractivity contribution in [2.75, 3.05) is 18.4 Å². The number of hydrogen-bond donors (Lipinski definition) is 1. The minimum absolute atomic E-state index is 0.227. The van der Waals surface area contributed by atoms with Gasteiger partial charge in [0.2, 0.25) is 5.91 Å². The van der Waals surface area contributed by atoms with Crippen molar-refractivity contribution in [3.8, 4) is 0 Å². The van der Waals surface area contributed by atoms with Gasteiger partial charge in [-0.1, -0.05) is 6.07 Å². The average Bonchev–Trinajstić information content (AvgIpc) is 3.28. The molecule has 0 aromatic carbocycles. The van der Waals surface area contributed by atoms with Gasteiger partial charge >= 0.3 is 0 Å². The Kier molecular flexibility index (Phi) is 3.99. The van der Waals surface area contributed by atoms with E-state index in [2.05, 4.69) is 15.3 Å². The Labute approximate surface area is 139 Å². The van der Waals surface area contributed by atoms with E-state index in [4.69, 9.17) is 0 Å². The second-order valence-corrected chi connectivity index (χ2v) is 7.26. The molecule has 2 aromatic heterocycles. The van der Waals surface area contributed by atoms with E-state index in [9.17, 15) is 4.79 Å². The first kappa shape index (κ1) is 14.6. The minimum atomic E-state index is 0.227. The second kappa shape index (κ2) is 6.28. The standard InChI is InChI=1S/C17H20N4OS/c22-16(9-13-3-2-8-23-13)21-7-6-12(10-21)20-17-14-4-1-5-15(14)18-11-19-17/h2-3,8,11-12H,1,4-7,9-10H2,(H,18,19,20). The molecule has 0 bridgehead atoms. The van der Waals surface area contributed by atoms with Crippen LogP contribution < -0.4 is 5.32 Å². The Morgan fingerprint density at radius 2 is 2.35 bits per heavy atom. The van der Waals surface area contributed by atoms with E-state index in [0.29, 0.717) is 12.5 Å². The Balaban J connectivity index is 1.37. The topological polar surface area (TPSA) is 58.1 Å². The summed E-state index contributed by atoms with van der Waals surface area (Å²) in [5.74, 6) is 1.20. The van der Waals surface area contributed by atoms with Crippen molar-refractivity contribution in [2.24, 2.45) is 0 Å². The fourth-order valence-electron chi connectivity index (χ4n) is 3.46. The van der Waals surface area contributed by atoms with Gasteiger partial charge in [-0.2, -0.15) is 0 Å². The molecule has 2 aliphatic rings. The van der Waals surface area contributed by atoms with Gasteiger partial charge in [0.25, 0.3) is 0 Å². The average molecular weight is 328 g/mol. The molecule has 1 aliphatic carbocycles. The number of nitrogens with zero attached hydrogens (tertiary/aromatic N) is 3. The van der Waals surface area contributed by atoms with Crippen LogP contribution in [-0.4, -0.2) is 39.9 Å². The SMILES string of the molecule is O=C(Cc1cccs1)N1CCC(Nc2ncnc3c2CCC3)C1. The summed E-state index contributed by atoms with van der Waals surface area (Å²) in [5.41, 5.74) is 2.46. The van der Waals surface area contributed by atoms with Crippen LogP contribution in [0.3, 0.4) is 0 Å². The highest BCUT2D eigenvalue weighted by Gasteiger charge is 2.28. The third-order valence-electron chi connectivity index (χ3n) is 4.66. The largest absolute Gasteiger partial charge is 0.365 e. The molecule has 120 valence electrons. The van der Waals surface area contributed by atoms with Gasteiger partial charge in [0.05, 0.1) is 6.42 Å². The zero-order chi connectivity index (χ0) is 15.6. The van der Waals surface area contributed by atoms with Gasteiger partial charge in [-0.3, -0.25) is 4.79 Å². The van der Waals surface area contributed by atoms with Crippen molar-refractivity contribution < 1.29 is 4.79 Å². The number of amides is 1. The molecule has 5 nitrogen and oxygen atoms in total. The Morgan fingerprint density at radius 3 is 3.22 bits per heavy atom. The van der Waals surface area contributed by atoms with E-state index in [1.807, 2.05) is 22.4 Å². The maximum absolute atomic E-state index is 12.4. The van der Waals surface area contributed by atoms with Crippen molar-refractivity contribution in [2.45, 2.75) is 38.1 Å². The Bertz CT molecular complexity index is 701. The summed E-state index contributed by atoms with van der Waals surface area (Å²) >= 11 is 1.65. The summed E-state index contributed by atoms with van der Waals surface area (Å²) in [6.45, 7) is 1.60. The second-order valence-electron chi connectivity index (χ2n) is 6.23. The molecule has 3 heterocycles. The quantitative estimate of drug-likeness (QED) is 0.935. The van der Waals surface area contributed by atoms with Gasteiger partial charge in [-0.05, 0) is 37.1 Å². The van der Waals surface area contributed by atoms with E-state index >= 15 is 0 Å². The summed E-state index contributed by atoms with van der Waals surface area (Å²) in [6, 6.07) is 4.32. The van der Waals surface area contributed by atoms with Crippen molar-refractivity contribution in [3.63, 3.8) is 0 Å². The molecule has 23 heavy (non-hydrogen) atoms. The number of aromatic nitrogens is 2. The smallest absolute Gasteiger partial charge is 0.227 e. The predicted molar refractivity (Wildman–Crippen MR) is 90.7 cm³/mol. The number of thiophene rings is 1. The van der Waals surface area contributed by atoms with Gasteiger partial charge in [0, 0.05) is 35.3 Å². The van der Waals surface area contributed by atoms with E-state index in [-0.39, 0.29) is 5.91 Å². The highest BCUT2D eigenvalue weighted by atomic mass is 32.1. The monoisotopic (exact) mass is 328 g/mol. The van der Waals surface area contributed by atoms with Gasteiger partial charge < -0.3 is 10.2 Å². The summed E-state index contributed by atoms with van der Waals surface area (Å²) in [6.07, 6.45) is 6.44. The molecule has 2 aromatic rings. The number of carbonyl (C=O) groups is 1. The molecule has 1 aliphatic heterocycles. The third-order valence-corrected chi connectivity index (χ3v) is 5.54. The molecule has 1 amide bonds. The lowest BCUT2D eigenvalue weighted by Crippen LogP contribution is -2.32. The molecule has 0 radical (unpaired) electrons. The maximum atomic E-state index is 12.4. The fraction of sp³-hybridized carbons (Fsp3) is 0.471. The van der Waals surface area contributed by atoms with E-state index < -0.39 is 0 Å². The number of carbonyl (C=O) groups excluding carboxylic acids is 1. The Morgan fingerprint density at radius 1 is 1.39 bits per heavy atom. The lowest BCUT2D eigenvalue weighted by Gasteiger charge is -2.18. The van der Waals surface area contributed by atoms with Crippen LogP contribution in [0, 0.1) is 0 Å². The van der Waals surface area contributed by atoms with Crippen LogP contribution in [0.5, 0.6) is 0 Å². The highest BCUT2D eigenvalue weighted by Crippen LogP contribution is 2.26. The van der Waals surface area contributed by atoms with Gasteiger partial charge in [0.1, 0.15) is 12.1 Å². The maximum Gasteiger partial charge on any atom is 0.227 e. The number of hydrogen-bond acceptors (Lipinski definition) is 5. The summed E-state index contributed by atoms with van der Waals surface area (Å²) in [5, 5.41) is 5.56. The minimum Gasteiger partial charge on any atom is -0.365 e. The van der Waals surface area contributed by atoms with Crippen LogP contribution >= 0.6 is 11.3 Å². The van der Waals surface area contributed by atoms with Gasteiger partial charge in [0.15, 0.2) is 0 Å². The van der Waals surface area contributed by atoms with E-state index in [0.717, 1.165) is 43.0 Å². The lowest BCUT2D eigenvalue weighted by molar-refractivity contribution is -0.129. The number of anilines is 1. The van der Waals surface area contributed by atoms with Crippen molar-refractivity contribution in [1.82, 2.24) is 14.9 Å². The van der Waals surface area contributed by atoms with Crippen LogP contribution in [0.4, 0.5) is 5.82 Å². The van der Waals surface area contributed by atoms with Crippen LogP contribution in [0.25, 0.3) is 0 Å². The zero-order valence-electron chi connectivity index (χ0n) is 13.0. The van der Waals surface area contributed by atoms with Crippen LogP contribution in [0.15, 0.2) is 23.8 Å². The molecule has 1 saturated heterocycles. The summed E-state index contributed by atoms with van der Waals surface area (Å²) in [4.78, 5) is 24.3. The number of rotatable bonds is 4. The first-order chi connectivity index (χ1) is 11.3. The van der Waals surface area contributed by atoms with Crippen molar-refractivity contribution in [3.05, 3.63) is 40.0 Å². The van der Waals surface area contributed by atoms with E-state index in [1.54, 1.807) is 17.7 Å². The molecule has 1 atom stereocenters. The highest BCUT2D eigenvalue weighted by molar-refractivity contribution is 7.10. The number of aryl methyl sites for hydroxylation is 1. The molecule has 0 saturated carbocycles. The molecule has 1 fully saturated rings. The summed E-state index contributed by atoms with van der Waals surface area (Å²) in [7, 11) is 0. The molecule has 1 unspecified atom stereocenters. The molecule has 4 rings (SSSR count). The lowest BCUT2D eigenvalue weighted by atomic mass is 10.2. The molecule has 0 spiro atoms. The van der Waals surface area contributed by atoms with Crippen LogP contribution in [0.1, 0.15) is 29.0 Å². The fourth-order valence-corrected chi connectivity index (χ4v) is 4.15. The van der Waals surface area contributed by atoms with E-state index in [1.165, 1.54) is 17.7 Å². The normalized spacial score (nSPS) is 19.8. The molecule has 1 N–H and O–H groups in total. The first-order valence-corrected chi connectivity index (χ1v) is 9.07.